The molecule has 1 fully saturated rings. The van der Waals surface area contributed by atoms with E-state index in [0.29, 0.717) is 0 Å². The van der Waals surface area contributed by atoms with Crippen molar-refractivity contribution >= 4 is 11.8 Å². The first kappa shape index (κ1) is 12.8. The van der Waals surface area contributed by atoms with Crippen molar-refractivity contribution < 1.29 is 18.8 Å². The molecule has 17 heavy (non-hydrogen) atoms. The van der Waals surface area contributed by atoms with Crippen molar-refractivity contribution in [1.82, 2.24) is 5.06 Å². The molecule has 0 aromatic carbocycles. The maximum absolute atomic E-state index is 5.42. The standard InChI is InChI=1S/C11H19N2O3S/c1-13(4-6-16-7-5-13)10-8-12(15-3)9-11(14-2)17-10/h8-9H,4-7H2,1-3H3/q+1. The SMILES string of the molecule is COC1=CN(OC)C=C([N+]2(C)CCOCC2)S1. The molecule has 0 N–H and O–H groups in total. The molecule has 0 saturated carbocycles. The van der Waals surface area contributed by atoms with Crippen LogP contribution in [0.5, 0.6) is 0 Å². The molecular formula is C11H19N2O3S+. The fourth-order valence-electron chi connectivity index (χ4n) is 1.82. The molecule has 6 heteroatoms. The average Bonchev–Trinajstić information content (AvgIpc) is 2.39. The number of likely N-dealkylation sites (N-methyl/N-ethyl adjacent to an activating group) is 1. The minimum Gasteiger partial charge on any atom is -0.488 e. The largest absolute Gasteiger partial charge is 0.488 e. The Balaban J connectivity index is 2.17. The van der Waals surface area contributed by atoms with E-state index in [4.69, 9.17) is 14.3 Å². The monoisotopic (exact) mass is 259 g/mol. The van der Waals surface area contributed by atoms with Crippen LogP contribution in [0.25, 0.3) is 0 Å². The summed E-state index contributed by atoms with van der Waals surface area (Å²) in [5, 5.41) is 3.74. The van der Waals surface area contributed by atoms with E-state index in [-0.39, 0.29) is 0 Å². The van der Waals surface area contributed by atoms with Gasteiger partial charge in [-0.05, 0) is 0 Å². The van der Waals surface area contributed by atoms with Crippen molar-refractivity contribution in [1.29, 1.82) is 0 Å². The maximum atomic E-state index is 5.42. The van der Waals surface area contributed by atoms with Crippen LogP contribution in [0.4, 0.5) is 0 Å². The molecule has 5 nitrogen and oxygen atoms in total. The second-order valence-corrected chi connectivity index (χ2v) is 5.24. The number of hydroxylamine groups is 2. The molecule has 1 saturated heterocycles. The van der Waals surface area contributed by atoms with Crippen LogP contribution in [0.15, 0.2) is 22.5 Å². The molecule has 0 atom stereocenters. The molecule has 2 aliphatic heterocycles. The van der Waals surface area contributed by atoms with Crippen LogP contribution in [0, 0.1) is 0 Å². The zero-order chi connectivity index (χ0) is 12.3. The van der Waals surface area contributed by atoms with Gasteiger partial charge in [-0.2, -0.15) is 0 Å². The van der Waals surface area contributed by atoms with Gasteiger partial charge in [0.15, 0.2) is 10.1 Å². The Morgan fingerprint density at radius 3 is 2.59 bits per heavy atom. The molecule has 0 aliphatic carbocycles. The summed E-state index contributed by atoms with van der Waals surface area (Å²) in [5.74, 6) is 0. The van der Waals surface area contributed by atoms with Crippen molar-refractivity contribution in [3.63, 3.8) is 0 Å². The van der Waals surface area contributed by atoms with Gasteiger partial charge < -0.3 is 9.47 Å². The average molecular weight is 259 g/mol. The maximum Gasteiger partial charge on any atom is 0.193 e. The first-order valence-electron chi connectivity index (χ1n) is 5.59. The summed E-state index contributed by atoms with van der Waals surface area (Å²) in [4.78, 5) is 5.24. The molecule has 0 bridgehead atoms. The molecule has 0 spiro atoms. The zero-order valence-electron chi connectivity index (χ0n) is 10.5. The Hall–Kier alpha value is -0.690. The van der Waals surface area contributed by atoms with E-state index in [0.717, 1.165) is 35.9 Å². The summed E-state index contributed by atoms with van der Waals surface area (Å²) in [5.41, 5.74) is 0. The van der Waals surface area contributed by atoms with E-state index in [9.17, 15) is 0 Å². The lowest BCUT2D eigenvalue weighted by Gasteiger charge is -2.39. The van der Waals surface area contributed by atoms with Gasteiger partial charge in [0.2, 0.25) is 0 Å². The predicted octanol–water partition coefficient (Wildman–Crippen LogP) is 1.32. The van der Waals surface area contributed by atoms with E-state index in [2.05, 4.69) is 7.05 Å². The Morgan fingerprint density at radius 2 is 2.00 bits per heavy atom. The first-order valence-corrected chi connectivity index (χ1v) is 6.40. The molecule has 0 amide bonds. The third kappa shape index (κ3) is 2.77. The van der Waals surface area contributed by atoms with Gasteiger partial charge in [0.05, 0.1) is 40.7 Å². The van der Waals surface area contributed by atoms with E-state index in [1.54, 1.807) is 31.0 Å². The van der Waals surface area contributed by atoms with Crippen molar-refractivity contribution in [3.05, 3.63) is 22.5 Å². The van der Waals surface area contributed by atoms with E-state index < -0.39 is 0 Å². The van der Waals surface area contributed by atoms with Crippen LogP contribution >= 0.6 is 11.8 Å². The first-order chi connectivity index (χ1) is 8.18. The number of hydrogen-bond acceptors (Lipinski definition) is 5. The van der Waals surface area contributed by atoms with Crippen molar-refractivity contribution in [2.75, 3.05) is 47.6 Å². The van der Waals surface area contributed by atoms with Crippen LogP contribution in [-0.2, 0) is 14.3 Å². The Labute approximate surface area is 106 Å². The van der Waals surface area contributed by atoms with Gasteiger partial charge in [-0.1, -0.05) is 0 Å². The highest BCUT2D eigenvalue weighted by atomic mass is 32.2. The second kappa shape index (κ2) is 5.30. The summed E-state index contributed by atoms with van der Waals surface area (Å²) < 4.78 is 11.6. The molecule has 2 aliphatic rings. The molecule has 0 unspecified atom stereocenters. The van der Waals surface area contributed by atoms with Crippen molar-refractivity contribution in [3.8, 4) is 0 Å². The smallest absolute Gasteiger partial charge is 0.193 e. The fraction of sp³-hybridized carbons (Fsp3) is 0.636. The molecule has 0 aromatic heterocycles. The lowest BCUT2D eigenvalue weighted by Crippen LogP contribution is -2.50. The van der Waals surface area contributed by atoms with Gasteiger partial charge >= 0.3 is 0 Å². The number of ether oxygens (including phenoxy) is 2. The Morgan fingerprint density at radius 1 is 1.29 bits per heavy atom. The van der Waals surface area contributed by atoms with Crippen LogP contribution in [0.2, 0.25) is 0 Å². The van der Waals surface area contributed by atoms with Gasteiger partial charge in [-0.25, -0.2) is 5.06 Å². The quantitative estimate of drug-likeness (QED) is 0.713. The number of rotatable bonds is 3. The molecular weight excluding hydrogens is 240 g/mol. The summed E-state index contributed by atoms with van der Waals surface area (Å²) in [7, 11) is 5.54. The molecule has 0 aromatic rings. The molecule has 96 valence electrons. The van der Waals surface area contributed by atoms with Crippen molar-refractivity contribution in [2.45, 2.75) is 0 Å². The number of hydrogen-bond donors (Lipinski definition) is 0. The zero-order valence-corrected chi connectivity index (χ0v) is 11.3. The number of thioether (sulfide) groups is 1. The number of nitrogens with zero attached hydrogens (tertiary/aromatic N) is 2. The van der Waals surface area contributed by atoms with Crippen molar-refractivity contribution in [2.24, 2.45) is 0 Å². The van der Waals surface area contributed by atoms with Gasteiger partial charge in [0, 0.05) is 11.8 Å². The topological polar surface area (TPSA) is 30.9 Å². The summed E-state index contributed by atoms with van der Waals surface area (Å²) >= 11 is 1.65. The number of quaternary nitrogens is 1. The summed E-state index contributed by atoms with van der Waals surface area (Å²) in [6.45, 7) is 3.56. The number of methoxy groups -OCH3 is 1. The van der Waals surface area contributed by atoms with Crippen LogP contribution in [0.3, 0.4) is 0 Å². The molecule has 2 rings (SSSR count). The highest BCUT2D eigenvalue weighted by Gasteiger charge is 2.34. The summed E-state index contributed by atoms with van der Waals surface area (Å²) in [6.07, 6.45) is 3.85. The Bertz CT molecular complexity index is 338. The van der Waals surface area contributed by atoms with E-state index in [1.165, 1.54) is 5.03 Å². The third-order valence-electron chi connectivity index (χ3n) is 3.08. The lowest BCUT2D eigenvalue weighted by molar-refractivity contribution is -0.873. The van der Waals surface area contributed by atoms with E-state index >= 15 is 0 Å². The summed E-state index contributed by atoms with van der Waals surface area (Å²) in [6, 6.07) is 0. The highest BCUT2D eigenvalue weighted by molar-refractivity contribution is 8.06. The van der Waals surface area contributed by atoms with Crippen LogP contribution in [0.1, 0.15) is 0 Å². The Kier molecular flexibility index (Phi) is 3.98. The highest BCUT2D eigenvalue weighted by Crippen LogP contribution is 2.37. The van der Waals surface area contributed by atoms with Crippen LogP contribution < -0.4 is 0 Å². The second-order valence-electron chi connectivity index (χ2n) is 4.22. The van der Waals surface area contributed by atoms with Gasteiger partial charge in [0.25, 0.3) is 0 Å². The number of morpholine rings is 1. The van der Waals surface area contributed by atoms with Crippen LogP contribution in [-0.4, -0.2) is 57.1 Å². The van der Waals surface area contributed by atoms with E-state index in [1.807, 2.05) is 12.4 Å². The predicted molar refractivity (Wildman–Crippen MR) is 66.4 cm³/mol. The lowest BCUT2D eigenvalue weighted by atomic mass is 10.4. The minimum absolute atomic E-state index is 0.799. The molecule has 2 heterocycles. The van der Waals surface area contributed by atoms with Gasteiger partial charge in [-0.15, -0.1) is 0 Å². The normalized spacial score (nSPS) is 24.1. The minimum atomic E-state index is 0.799. The molecule has 0 radical (unpaired) electrons. The van der Waals surface area contributed by atoms with Gasteiger partial charge in [0.1, 0.15) is 19.3 Å². The fourth-order valence-corrected chi connectivity index (χ4v) is 2.83. The third-order valence-corrected chi connectivity index (χ3v) is 4.31. The van der Waals surface area contributed by atoms with Gasteiger partial charge in [-0.3, -0.25) is 9.32 Å².